The molecule has 0 aliphatic rings. The van der Waals surface area contributed by atoms with Gasteiger partial charge in [-0.2, -0.15) is 8.78 Å². The number of pyridine rings is 1. The van der Waals surface area contributed by atoms with Crippen LogP contribution in [0.2, 0.25) is 0 Å². The molecule has 0 fully saturated rings. The predicted molar refractivity (Wildman–Crippen MR) is 54.5 cm³/mol. The van der Waals surface area contributed by atoms with E-state index in [-0.39, 0.29) is 10.9 Å². The van der Waals surface area contributed by atoms with Crippen LogP contribution in [0.4, 0.5) is 17.6 Å². The van der Waals surface area contributed by atoms with Crippen molar-refractivity contribution in [2.45, 2.75) is 12.3 Å². The first kappa shape index (κ1) is 11.6. The van der Waals surface area contributed by atoms with Crippen molar-refractivity contribution in [2.75, 3.05) is 0 Å². The molecule has 0 aliphatic carbocycles. The maximum atomic E-state index is 13.1. The van der Waals surface area contributed by atoms with Gasteiger partial charge in [-0.3, -0.25) is 4.79 Å². The summed E-state index contributed by atoms with van der Waals surface area (Å²) in [5.74, 6) is -4.36. The Labute approximate surface area is 92.9 Å². The second kappa shape index (κ2) is 3.87. The zero-order valence-corrected chi connectivity index (χ0v) is 8.38. The molecule has 1 aromatic heterocycles. The number of para-hydroxylation sites is 1. The van der Waals surface area contributed by atoms with E-state index in [4.69, 9.17) is 0 Å². The van der Waals surface area contributed by atoms with Crippen molar-refractivity contribution in [2.24, 2.45) is 0 Å². The number of benzene rings is 1. The highest BCUT2D eigenvalue weighted by molar-refractivity contribution is 5.78. The van der Waals surface area contributed by atoms with Gasteiger partial charge in [0, 0.05) is 17.0 Å². The van der Waals surface area contributed by atoms with Crippen LogP contribution in [0.5, 0.6) is 0 Å². The van der Waals surface area contributed by atoms with Crippen molar-refractivity contribution in [3.63, 3.8) is 0 Å². The minimum Gasteiger partial charge on any atom is -0.353 e. The van der Waals surface area contributed by atoms with Crippen LogP contribution < -0.4 is 5.43 Å². The van der Waals surface area contributed by atoms with E-state index in [1.165, 1.54) is 18.2 Å². The van der Waals surface area contributed by atoms with Crippen LogP contribution in [0.1, 0.15) is 5.69 Å². The largest absolute Gasteiger partial charge is 0.353 e. The Balaban J connectivity index is 2.70. The van der Waals surface area contributed by atoms with Crippen molar-refractivity contribution in [3.05, 3.63) is 46.2 Å². The summed E-state index contributed by atoms with van der Waals surface area (Å²) in [6, 6.07) is 6.39. The third-order valence-electron chi connectivity index (χ3n) is 2.37. The van der Waals surface area contributed by atoms with Crippen LogP contribution in [0, 0.1) is 0 Å². The van der Waals surface area contributed by atoms with Crippen LogP contribution >= 0.6 is 0 Å². The molecule has 2 rings (SSSR count). The van der Waals surface area contributed by atoms with E-state index in [0.29, 0.717) is 6.07 Å². The summed E-state index contributed by atoms with van der Waals surface area (Å²) in [4.78, 5) is 13.6. The monoisotopic (exact) mass is 245 g/mol. The Morgan fingerprint density at radius 3 is 2.47 bits per heavy atom. The molecule has 0 bridgehead atoms. The third kappa shape index (κ3) is 1.90. The molecule has 0 saturated carbocycles. The molecule has 0 aliphatic heterocycles. The number of hydrogen-bond donors (Lipinski definition) is 1. The molecule has 0 atom stereocenters. The molecule has 1 aromatic carbocycles. The zero-order valence-electron chi connectivity index (χ0n) is 8.38. The Morgan fingerprint density at radius 2 is 1.82 bits per heavy atom. The number of H-pyrrole nitrogens is 1. The van der Waals surface area contributed by atoms with E-state index in [1.807, 2.05) is 0 Å². The maximum Gasteiger partial charge on any atom is 0.346 e. The summed E-state index contributed by atoms with van der Waals surface area (Å²) in [6.45, 7) is 0. The molecule has 1 heterocycles. The van der Waals surface area contributed by atoms with Crippen molar-refractivity contribution in [3.8, 4) is 0 Å². The smallest absolute Gasteiger partial charge is 0.346 e. The molecule has 2 nitrogen and oxygen atoms in total. The highest BCUT2D eigenvalue weighted by Crippen LogP contribution is 2.33. The minimum absolute atomic E-state index is 0.107. The van der Waals surface area contributed by atoms with Gasteiger partial charge in [0.25, 0.3) is 0 Å². The van der Waals surface area contributed by atoms with Crippen LogP contribution in [-0.2, 0) is 5.92 Å². The minimum atomic E-state index is -4.36. The van der Waals surface area contributed by atoms with E-state index in [0.717, 1.165) is 0 Å². The van der Waals surface area contributed by atoms with Gasteiger partial charge in [-0.25, -0.2) is 8.78 Å². The van der Waals surface area contributed by atoms with Crippen molar-refractivity contribution < 1.29 is 17.6 Å². The first-order chi connectivity index (χ1) is 7.93. The lowest BCUT2D eigenvalue weighted by Crippen LogP contribution is -2.26. The van der Waals surface area contributed by atoms with Crippen LogP contribution in [0.25, 0.3) is 10.9 Å². The molecule has 2 aromatic rings. The number of hydrogen-bond acceptors (Lipinski definition) is 1. The molecule has 6 heteroatoms. The second-order valence-corrected chi connectivity index (χ2v) is 3.52. The van der Waals surface area contributed by atoms with Gasteiger partial charge in [0.2, 0.25) is 0 Å². The van der Waals surface area contributed by atoms with Crippen LogP contribution in [0.3, 0.4) is 0 Å². The van der Waals surface area contributed by atoms with Crippen molar-refractivity contribution in [1.82, 2.24) is 4.98 Å². The van der Waals surface area contributed by atoms with Gasteiger partial charge in [0.1, 0.15) is 0 Å². The summed E-state index contributed by atoms with van der Waals surface area (Å²) in [6.07, 6.45) is -3.86. The topological polar surface area (TPSA) is 32.9 Å². The van der Waals surface area contributed by atoms with E-state index < -0.39 is 23.5 Å². The van der Waals surface area contributed by atoms with E-state index in [9.17, 15) is 22.4 Å². The summed E-state index contributed by atoms with van der Waals surface area (Å²) in [5, 5.41) is 0.182. The standard InChI is InChI=1S/C11H7F4NO/c12-10(13)11(14,15)9-5-8(17)6-3-1-2-4-7(6)16-9/h1-5,10H,(H,16,17). The fourth-order valence-electron chi connectivity index (χ4n) is 1.49. The van der Waals surface area contributed by atoms with E-state index in [1.54, 1.807) is 6.07 Å². The van der Waals surface area contributed by atoms with Crippen LogP contribution in [0.15, 0.2) is 35.1 Å². The summed E-state index contributed by atoms with van der Waals surface area (Å²) in [5.41, 5.74) is -1.68. The number of alkyl halides is 4. The van der Waals surface area contributed by atoms with Crippen molar-refractivity contribution in [1.29, 1.82) is 0 Å². The number of nitrogens with one attached hydrogen (secondary N) is 1. The summed E-state index contributed by atoms with van der Waals surface area (Å²) >= 11 is 0. The highest BCUT2D eigenvalue weighted by atomic mass is 19.3. The quantitative estimate of drug-likeness (QED) is 0.811. The normalized spacial score (nSPS) is 12.3. The molecule has 0 spiro atoms. The molecule has 0 radical (unpaired) electrons. The number of aromatic nitrogens is 1. The lowest BCUT2D eigenvalue weighted by molar-refractivity contribution is -0.137. The first-order valence-electron chi connectivity index (χ1n) is 4.71. The van der Waals surface area contributed by atoms with Gasteiger partial charge >= 0.3 is 12.3 Å². The lowest BCUT2D eigenvalue weighted by Gasteiger charge is -2.15. The van der Waals surface area contributed by atoms with E-state index in [2.05, 4.69) is 4.98 Å². The number of fused-ring (bicyclic) bond motifs is 1. The second-order valence-electron chi connectivity index (χ2n) is 3.52. The Bertz CT molecular complexity index is 606. The average Bonchev–Trinajstić information content (AvgIpc) is 2.28. The Kier molecular flexibility index (Phi) is 2.65. The molecule has 0 unspecified atom stereocenters. The highest BCUT2D eigenvalue weighted by Gasteiger charge is 2.44. The number of aromatic amines is 1. The van der Waals surface area contributed by atoms with Crippen molar-refractivity contribution >= 4 is 10.9 Å². The maximum absolute atomic E-state index is 13.1. The van der Waals surface area contributed by atoms with Gasteiger partial charge in [-0.1, -0.05) is 12.1 Å². The van der Waals surface area contributed by atoms with Gasteiger partial charge in [0.15, 0.2) is 5.43 Å². The molecule has 1 N–H and O–H groups in total. The number of rotatable bonds is 2. The number of halogens is 4. The zero-order chi connectivity index (χ0) is 12.6. The lowest BCUT2D eigenvalue weighted by atomic mass is 10.1. The predicted octanol–water partition coefficient (Wildman–Crippen LogP) is 2.89. The summed E-state index contributed by atoms with van der Waals surface area (Å²) in [7, 11) is 0. The first-order valence-corrected chi connectivity index (χ1v) is 4.71. The molecule has 90 valence electrons. The van der Waals surface area contributed by atoms with Gasteiger partial charge in [0.05, 0.1) is 5.69 Å². The Morgan fingerprint density at radius 1 is 1.18 bits per heavy atom. The fourth-order valence-corrected chi connectivity index (χ4v) is 1.49. The Hall–Kier alpha value is -1.85. The molecule has 0 amide bonds. The third-order valence-corrected chi connectivity index (χ3v) is 2.37. The molecular formula is C11H7F4NO. The van der Waals surface area contributed by atoms with Gasteiger partial charge < -0.3 is 4.98 Å². The van der Waals surface area contributed by atoms with Crippen LogP contribution in [-0.4, -0.2) is 11.4 Å². The van der Waals surface area contributed by atoms with E-state index >= 15 is 0 Å². The molecular weight excluding hydrogens is 238 g/mol. The van der Waals surface area contributed by atoms with Gasteiger partial charge in [-0.15, -0.1) is 0 Å². The molecule has 0 saturated heterocycles. The SMILES string of the molecule is O=c1cc(C(F)(F)C(F)F)[nH]c2ccccc12. The fraction of sp³-hybridized carbons (Fsp3) is 0.182. The van der Waals surface area contributed by atoms with Gasteiger partial charge in [-0.05, 0) is 12.1 Å². The molecule has 17 heavy (non-hydrogen) atoms. The summed E-state index contributed by atoms with van der Waals surface area (Å²) < 4.78 is 50.4. The average molecular weight is 245 g/mol.